The lowest BCUT2D eigenvalue weighted by Gasteiger charge is -2.13. The van der Waals surface area contributed by atoms with Gasteiger partial charge in [-0.15, -0.1) is 0 Å². The molecule has 0 aliphatic carbocycles. The van der Waals surface area contributed by atoms with E-state index in [4.69, 9.17) is 0 Å². The first-order valence-corrected chi connectivity index (χ1v) is 7.48. The predicted octanol–water partition coefficient (Wildman–Crippen LogP) is 2.76. The van der Waals surface area contributed by atoms with Crippen molar-refractivity contribution in [1.29, 1.82) is 0 Å². The minimum Gasteiger partial charge on any atom is -0.326 e. The Balaban J connectivity index is 1.62. The lowest BCUT2D eigenvalue weighted by Crippen LogP contribution is -2.32. The van der Waals surface area contributed by atoms with Crippen molar-refractivity contribution in [1.82, 2.24) is 4.90 Å². The highest BCUT2D eigenvalue weighted by molar-refractivity contribution is 6.21. The van der Waals surface area contributed by atoms with Gasteiger partial charge in [-0.05, 0) is 36.8 Å². The number of imide groups is 1. The Morgan fingerprint density at radius 1 is 1.08 bits per heavy atom. The van der Waals surface area contributed by atoms with Gasteiger partial charge in [-0.25, -0.2) is 4.39 Å². The van der Waals surface area contributed by atoms with Crippen molar-refractivity contribution < 1.29 is 18.8 Å². The Kier molecular flexibility index (Phi) is 4.12. The van der Waals surface area contributed by atoms with Crippen LogP contribution in [0.3, 0.4) is 0 Å². The fourth-order valence-corrected chi connectivity index (χ4v) is 2.55. The second kappa shape index (κ2) is 6.23. The summed E-state index contributed by atoms with van der Waals surface area (Å²) in [5.74, 6) is -1.60. The molecule has 0 aromatic heterocycles. The average Bonchev–Trinajstić information content (AvgIpc) is 2.81. The summed E-state index contributed by atoms with van der Waals surface area (Å²) >= 11 is 0. The summed E-state index contributed by atoms with van der Waals surface area (Å²) in [6.07, 6.45) is -0.0546. The number of carbonyl (C=O) groups excluding carboxylic acids is 3. The number of amides is 3. The Hall–Kier alpha value is -3.02. The van der Waals surface area contributed by atoms with Crippen molar-refractivity contribution in [2.45, 2.75) is 13.3 Å². The van der Waals surface area contributed by atoms with E-state index in [0.717, 1.165) is 4.90 Å². The minimum atomic E-state index is -0.409. The normalized spacial score (nSPS) is 13.2. The molecule has 0 bridgehead atoms. The van der Waals surface area contributed by atoms with Crippen LogP contribution in [0.5, 0.6) is 0 Å². The van der Waals surface area contributed by atoms with E-state index < -0.39 is 23.5 Å². The molecule has 0 spiro atoms. The fraction of sp³-hybridized carbons (Fsp3) is 0.167. The molecule has 2 aromatic carbocycles. The van der Waals surface area contributed by atoms with Crippen LogP contribution in [0.15, 0.2) is 42.5 Å². The molecule has 122 valence electrons. The highest BCUT2D eigenvalue weighted by Gasteiger charge is 2.34. The average molecular weight is 326 g/mol. The highest BCUT2D eigenvalue weighted by Crippen LogP contribution is 2.22. The zero-order valence-electron chi connectivity index (χ0n) is 13.0. The quantitative estimate of drug-likeness (QED) is 0.879. The van der Waals surface area contributed by atoms with Crippen LogP contribution in [0.2, 0.25) is 0 Å². The molecule has 1 aliphatic heterocycles. The van der Waals surface area contributed by atoms with Gasteiger partial charge in [0.15, 0.2) is 0 Å². The van der Waals surface area contributed by atoms with Crippen LogP contribution in [0.25, 0.3) is 0 Å². The third-order valence-electron chi connectivity index (χ3n) is 3.90. The zero-order valence-corrected chi connectivity index (χ0v) is 13.0. The number of halogens is 1. The van der Waals surface area contributed by atoms with Gasteiger partial charge < -0.3 is 5.32 Å². The molecule has 0 saturated carbocycles. The van der Waals surface area contributed by atoms with E-state index in [9.17, 15) is 18.8 Å². The zero-order chi connectivity index (χ0) is 17.3. The van der Waals surface area contributed by atoms with Gasteiger partial charge in [0.2, 0.25) is 5.91 Å². The standard InChI is InChI=1S/C18H15FN2O3/c1-11-6-7-12(10-15(11)19)20-16(22)8-9-21-17(23)13-4-2-3-5-14(13)18(21)24/h2-7,10H,8-9H2,1H3,(H,20,22). The first kappa shape index (κ1) is 15.9. The van der Waals surface area contributed by atoms with E-state index in [0.29, 0.717) is 22.4 Å². The van der Waals surface area contributed by atoms with Crippen LogP contribution >= 0.6 is 0 Å². The molecule has 3 rings (SSSR count). The summed E-state index contributed by atoms with van der Waals surface area (Å²) in [6, 6.07) is 10.9. The molecule has 24 heavy (non-hydrogen) atoms. The molecule has 1 N–H and O–H groups in total. The summed E-state index contributed by atoms with van der Waals surface area (Å²) in [4.78, 5) is 37.4. The lowest BCUT2D eigenvalue weighted by atomic mass is 10.1. The lowest BCUT2D eigenvalue weighted by molar-refractivity contribution is -0.116. The predicted molar refractivity (Wildman–Crippen MR) is 86.2 cm³/mol. The van der Waals surface area contributed by atoms with Crippen LogP contribution in [0.1, 0.15) is 32.7 Å². The van der Waals surface area contributed by atoms with Crippen molar-refractivity contribution in [3.8, 4) is 0 Å². The maximum Gasteiger partial charge on any atom is 0.261 e. The molecule has 0 saturated heterocycles. The van der Waals surface area contributed by atoms with E-state index in [1.165, 1.54) is 6.07 Å². The molecular weight excluding hydrogens is 311 g/mol. The largest absolute Gasteiger partial charge is 0.326 e. The van der Waals surface area contributed by atoms with Crippen LogP contribution in [0.4, 0.5) is 10.1 Å². The summed E-state index contributed by atoms with van der Waals surface area (Å²) in [5.41, 5.74) is 1.52. The number of hydrogen-bond acceptors (Lipinski definition) is 3. The monoisotopic (exact) mass is 326 g/mol. The number of rotatable bonds is 4. The van der Waals surface area contributed by atoms with E-state index in [-0.39, 0.29) is 13.0 Å². The fourth-order valence-electron chi connectivity index (χ4n) is 2.55. The summed E-state index contributed by atoms with van der Waals surface area (Å²) in [6.45, 7) is 1.61. The van der Waals surface area contributed by atoms with Crippen molar-refractivity contribution in [3.05, 3.63) is 65.0 Å². The van der Waals surface area contributed by atoms with Crippen molar-refractivity contribution in [2.75, 3.05) is 11.9 Å². The molecule has 1 heterocycles. The number of aryl methyl sites for hydroxylation is 1. The minimum absolute atomic E-state index is 0.0213. The topological polar surface area (TPSA) is 66.5 Å². The Morgan fingerprint density at radius 3 is 2.29 bits per heavy atom. The number of carbonyl (C=O) groups is 3. The van der Waals surface area contributed by atoms with E-state index in [1.54, 1.807) is 43.3 Å². The van der Waals surface area contributed by atoms with Crippen LogP contribution in [-0.4, -0.2) is 29.2 Å². The number of benzene rings is 2. The Morgan fingerprint density at radius 2 is 1.71 bits per heavy atom. The third-order valence-corrected chi connectivity index (χ3v) is 3.90. The first-order chi connectivity index (χ1) is 11.5. The number of nitrogens with one attached hydrogen (secondary N) is 1. The SMILES string of the molecule is Cc1ccc(NC(=O)CCN2C(=O)c3ccccc3C2=O)cc1F. The van der Waals surface area contributed by atoms with Crippen LogP contribution < -0.4 is 5.32 Å². The molecule has 0 unspecified atom stereocenters. The van der Waals surface area contributed by atoms with E-state index >= 15 is 0 Å². The second-order valence-corrected chi connectivity index (χ2v) is 5.57. The van der Waals surface area contributed by atoms with Gasteiger partial charge >= 0.3 is 0 Å². The Bertz CT molecular complexity index is 813. The summed E-state index contributed by atoms with van der Waals surface area (Å²) in [7, 11) is 0. The van der Waals surface area contributed by atoms with Crippen LogP contribution in [-0.2, 0) is 4.79 Å². The van der Waals surface area contributed by atoms with Crippen molar-refractivity contribution >= 4 is 23.4 Å². The van der Waals surface area contributed by atoms with Gasteiger partial charge in [0.1, 0.15) is 5.82 Å². The highest BCUT2D eigenvalue weighted by atomic mass is 19.1. The molecular formula is C18H15FN2O3. The van der Waals surface area contributed by atoms with Gasteiger partial charge in [-0.3, -0.25) is 19.3 Å². The molecule has 2 aromatic rings. The molecule has 0 fully saturated rings. The second-order valence-electron chi connectivity index (χ2n) is 5.57. The smallest absolute Gasteiger partial charge is 0.261 e. The number of nitrogens with zero attached hydrogens (tertiary/aromatic N) is 1. The number of hydrogen-bond donors (Lipinski definition) is 1. The number of anilines is 1. The maximum atomic E-state index is 13.5. The van der Waals surface area contributed by atoms with E-state index in [1.807, 2.05) is 0 Å². The molecule has 6 heteroatoms. The van der Waals surface area contributed by atoms with E-state index in [2.05, 4.69) is 5.32 Å². The molecule has 1 aliphatic rings. The third kappa shape index (κ3) is 2.90. The molecule has 0 atom stereocenters. The molecule has 5 nitrogen and oxygen atoms in total. The first-order valence-electron chi connectivity index (χ1n) is 7.48. The molecule has 3 amide bonds. The Labute approximate surface area is 138 Å². The van der Waals surface area contributed by atoms with Gasteiger partial charge in [-0.1, -0.05) is 18.2 Å². The summed E-state index contributed by atoms with van der Waals surface area (Å²) in [5, 5.41) is 2.56. The van der Waals surface area contributed by atoms with Gasteiger partial charge in [0.05, 0.1) is 11.1 Å². The van der Waals surface area contributed by atoms with Gasteiger partial charge in [0, 0.05) is 18.7 Å². The van der Waals surface area contributed by atoms with Gasteiger partial charge in [0.25, 0.3) is 11.8 Å². The van der Waals surface area contributed by atoms with Gasteiger partial charge in [-0.2, -0.15) is 0 Å². The van der Waals surface area contributed by atoms with Crippen molar-refractivity contribution in [3.63, 3.8) is 0 Å². The van der Waals surface area contributed by atoms with Crippen LogP contribution in [0, 0.1) is 12.7 Å². The summed E-state index contributed by atoms with van der Waals surface area (Å²) < 4.78 is 13.5. The maximum absolute atomic E-state index is 13.5. The van der Waals surface area contributed by atoms with Crippen molar-refractivity contribution in [2.24, 2.45) is 0 Å². The number of fused-ring (bicyclic) bond motifs is 1. The molecule has 0 radical (unpaired) electrons.